The minimum atomic E-state index is 0.527. The Kier molecular flexibility index (Phi) is 3.55. The molecule has 0 spiro atoms. The van der Waals surface area contributed by atoms with Crippen molar-refractivity contribution >= 4 is 27.3 Å². The largest absolute Gasteiger partial charge is 0.309 e. The van der Waals surface area contributed by atoms with Gasteiger partial charge in [0.25, 0.3) is 0 Å². The van der Waals surface area contributed by atoms with Crippen molar-refractivity contribution in [3.63, 3.8) is 0 Å². The number of halogens is 1. The molecule has 1 nitrogen and oxygen atoms in total. The van der Waals surface area contributed by atoms with Crippen LogP contribution in [0.15, 0.2) is 15.9 Å². The van der Waals surface area contributed by atoms with Gasteiger partial charge in [-0.25, -0.2) is 0 Å². The van der Waals surface area contributed by atoms with Gasteiger partial charge in [-0.15, -0.1) is 11.3 Å². The predicted molar refractivity (Wildman–Crippen MR) is 93.7 cm³/mol. The summed E-state index contributed by atoms with van der Waals surface area (Å²) in [6, 6.07) is 5.15. The molecule has 3 unspecified atom stereocenters. The first-order valence-electron chi connectivity index (χ1n) is 8.51. The summed E-state index contributed by atoms with van der Waals surface area (Å²) in [5.41, 5.74) is 1.16. The van der Waals surface area contributed by atoms with E-state index < -0.39 is 0 Å². The zero-order valence-electron chi connectivity index (χ0n) is 13.1. The Morgan fingerprint density at radius 1 is 1.29 bits per heavy atom. The monoisotopic (exact) mass is 367 g/mol. The summed E-state index contributed by atoms with van der Waals surface area (Å²) in [5, 5.41) is 3.88. The Balaban J connectivity index is 1.71. The molecule has 116 valence electrons. The van der Waals surface area contributed by atoms with E-state index in [2.05, 4.69) is 47.2 Å². The van der Waals surface area contributed by atoms with E-state index in [-0.39, 0.29) is 0 Å². The minimum Gasteiger partial charge on any atom is -0.309 e. The van der Waals surface area contributed by atoms with Crippen molar-refractivity contribution in [2.45, 2.75) is 58.4 Å². The Hall–Kier alpha value is 0.140. The zero-order chi connectivity index (χ0) is 14.7. The molecule has 4 bridgehead atoms. The summed E-state index contributed by atoms with van der Waals surface area (Å²) < 4.78 is 1.27. The lowest BCUT2D eigenvalue weighted by molar-refractivity contribution is -0.118. The van der Waals surface area contributed by atoms with Gasteiger partial charge in [-0.3, -0.25) is 0 Å². The molecule has 1 N–H and O–H groups in total. The first kappa shape index (κ1) is 14.7. The molecule has 0 radical (unpaired) electrons. The first-order valence-corrected chi connectivity index (χ1v) is 10.1. The molecule has 0 amide bonds. The lowest BCUT2D eigenvalue weighted by Gasteiger charge is -2.63. The van der Waals surface area contributed by atoms with Gasteiger partial charge in [-0.2, -0.15) is 0 Å². The van der Waals surface area contributed by atoms with Crippen molar-refractivity contribution < 1.29 is 0 Å². The maximum Gasteiger partial charge on any atom is 0.0701 e. The summed E-state index contributed by atoms with van der Waals surface area (Å²) in [6.45, 7) is 5.92. The maximum atomic E-state index is 3.88. The number of hydrogen-bond donors (Lipinski definition) is 1. The summed E-state index contributed by atoms with van der Waals surface area (Å²) in [5.74, 6) is 2.00. The fourth-order valence-electron chi connectivity index (χ4n) is 6.44. The van der Waals surface area contributed by atoms with E-state index in [1.54, 1.807) is 4.88 Å². The van der Waals surface area contributed by atoms with Crippen molar-refractivity contribution in [3.05, 3.63) is 20.8 Å². The normalized spacial score (nSPS) is 42.4. The van der Waals surface area contributed by atoms with E-state index in [1.165, 1.54) is 42.3 Å². The Morgan fingerprint density at radius 3 is 2.52 bits per heavy atom. The predicted octanol–water partition coefficient (Wildman–Crippen LogP) is 5.77. The first-order chi connectivity index (χ1) is 10.0. The van der Waals surface area contributed by atoms with Gasteiger partial charge >= 0.3 is 0 Å². The van der Waals surface area contributed by atoms with E-state index >= 15 is 0 Å². The smallest absolute Gasteiger partial charge is 0.0701 e. The average Bonchev–Trinajstić information content (AvgIpc) is 2.79. The fraction of sp³-hybridized carbons (Fsp3) is 0.778. The number of thiophene rings is 1. The van der Waals surface area contributed by atoms with Crippen LogP contribution >= 0.6 is 27.3 Å². The van der Waals surface area contributed by atoms with Crippen molar-refractivity contribution in [2.24, 2.45) is 22.7 Å². The van der Waals surface area contributed by atoms with Crippen molar-refractivity contribution in [1.82, 2.24) is 5.32 Å². The molecule has 4 saturated carbocycles. The molecular formula is C18H26BrNS. The third-order valence-corrected chi connectivity index (χ3v) is 7.99. The molecule has 1 aromatic heterocycles. The quantitative estimate of drug-likeness (QED) is 0.712. The van der Waals surface area contributed by atoms with Gasteiger partial charge < -0.3 is 5.32 Å². The van der Waals surface area contributed by atoms with Gasteiger partial charge in [-0.1, -0.05) is 13.8 Å². The van der Waals surface area contributed by atoms with Crippen LogP contribution < -0.4 is 5.32 Å². The lowest BCUT2D eigenvalue weighted by atomic mass is 9.43. The van der Waals surface area contributed by atoms with Crippen molar-refractivity contribution in [3.8, 4) is 0 Å². The van der Waals surface area contributed by atoms with Crippen LogP contribution in [0.5, 0.6) is 0 Å². The van der Waals surface area contributed by atoms with Crippen LogP contribution in [0.25, 0.3) is 0 Å². The van der Waals surface area contributed by atoms with E-state index in [9.17, 15) is 0 Å². The highest BCUT2D eigenvalue weighted by Crippen LogP contribution is 2.68. The zero-order valence-corrected chi connectivity index (χ0v) is 15.5. The second kappa shape index (κ2) is 5.07. The molecule has 21 heavy (non-hydrogen) atoms. The molecule has 3 atom stereocenters. The molecule has 4 fully saturated rings. The van der Waals surface area contributed by atoms with Gasteiger partial charge in [0.1, 0.15) is 0 Å². The Morgan fingerprint density at radius 2 is 2.00 bits per heavy atom. The summed E-state index contributed by atoms with van der Waals surface area (Å²) in [6.07, 6.45) is 8.89. The molecule has 0 saturated heterocycles. The minimum absolute atomic E-state index is 0.527. The highest BCUT2D eigenvalue weighted by molar-refractivity contribution is 9.11. The van der Waals surface area contributed by atoms with Crippen LogP contribution in [-0.2, 0) is 0 Å². The van der Waals surface area contributed by atoms with Gasteiger partial charge in [0.05, 0.1) is 3.79 Å². The molecule has 4 aliphatic rings. The third-order valence-electron chi connectivity index (χ3n) is 6.30. The number of rotatable bonds is 4. The Labute approximate surface area is 141 Å². The highest BCUT2D eigenvalue weighted by Gasteiger charge is 2.58. The summed E-state index contributed by atoms with van der Waals surface area (Å²) >= 11 is 5.60. The van der Waals surface area contributed by atoms with Crippen LogP contribution in [0.2, 0.25) is 0 Å². The summed E-state index contributed by atoms with van der Waals surface area (Å²) in [7, 11) is 0. The molecule has 0 aromatic carbocycles. The molecule has 1 aromatic rings. The second-order valence-corrected chi connectivity index (χ2v) is 10.8. The standard InChI is InChI=1S/C18H26BrNS/c1-3-20-16(14-4-5-15(19)21-14)18-9-12-6-13(10-18)8-17(2,7-12)11-18/h4-5,12-13,16,20H,3,6-11H2,1-2H3. The molecular weight excluding hydrogens is 342 g/mol. The van der Waals surface area contributed by atoms with E-state index in [0.29, 0.717) is 16.9 Å². The number of nitrogens with one attached hydrogen (secondary N) is 1. The molecule has 1 heterocycles. The van der Waals surface area contributed by atoms with Crippen LogP contribution in [0.3, 0.4) is 0 Å². The van der Waals surface area contributed by atoms with Crippen LogP contribution in [0.4, 0.5) is 0 Å². The van der Waals surface area contributed by atoms with Crippen molar-refractivity contribution in [2.75, 3.05) is 6.54 Å². The fourth-order valence-corrected chi connectivity index (χ4v) is 8.08. The van der Waals surface area contributed by atoms with Gasteiger partial charge in [0.2, 0.25) is 0 Å². The van der Waals surface area contributed by atoms with Gasteiger partial charge in [0, 0.05) is 10.9 Å². The number of hydrogen-bond acceptors (Lipinski definition) is 2. The van der Waals surface area contributed by atoms with Gasteiger partial charge in [0.15, 0.2) is 0 Å². The maximum absolute atomic E-state index is 3.88. The third kappa shape index (κ3) is 2.44. The topological polar surface area (TPSA) is 12.0 Å². The molecule has 0 aliphatic heterocycles. The van der Waals surface area contributed by atoms with E-state index in [0.717, 1.165) is 18.4 Å². The Bertz CT molecular complexity index is 523. The molecule has 3 heteroatoms. The summed E-state index contributed by atoms with van der Waals surface area (Å²) in [4.78, 5) is 1.55. The van der Waals surface area contributed by atoms with E-state index in [1.807, 2.05) is 11.3 Å². The van der Waals surface area contributed by atoms with Crippen LogP contribution in [0, 0.1) is 22.7 Å². The SMILES string of the molecule is CCNC(c1ccc(Br)s1)C12CC3CC(CC(C)(C3)C1)C2. The van der Waals surface area contributed by atoms with E-state index in [4.69, 9.17) is 0 Å². The van der Waals surface area contributed by atoms with Crippen molar-refractivity contribution in [1.29, 1.82) is 0 Å². The second-order valence-electron chi connectivity index (χ2n) is 8.27. The molecule has 4 aliphatic carbocycles. The highest BCUT2D eigenvalue weighted by atomic mass is 79.9. The lowest BCUT2D eigenvalue weighted by Crippen LogP contribution is -2.55. The van der Waals surface area contributed by atoms with Crippen LogP contribution in [0.1, 0.15) is 63.3 Å². The van der Waals surface area contributed by atoms with Gasteiger partial charge in [-0.05, 0) is 95.8 Å². The average molecular weight is 368 g/mol. The molecule has 5 rings (SSSR count). The van der Waals surface area contributed by atoms with Crippen LogP contribution in [-0.4, -0.2) is 6.54 Å².